The Bertz CT molecular complexity index is 1430. The quantitative estimate of drug-likeness (QED) is 0.381. The Balaban J connectivity index is 1.64. The van der Waals surface area contributed by atoms with Gasteiger partial charge in [-0.3, -0.25) is 4.79 Å². The maximum atomic E-state index is 14.9. The van der Waals surface area contributed by atoms with Crippen molar-refractivity contribution in [3.8, 4) is 10.4 Å². The lowest BCUT2D eigenvalue weighted by atomic mass is 9.96. The first-order chi connectivity index (χ1) is 17.3. The highest BCUT2D eigenvalue weighted by Gasteiger charge is 2.36. The smallest absolute Gasteiger partial charge is 0.251 e. The minimum atomic E-state index is -3.52. The van der Waals surface area contributed by atoms with Crippen LogP contribution in [0.4, 0.5) is 19.6 Å². The van der Waals surface area contributed by atoms with Crippen molar-refractivity contribution >= 4 is 37.9 Å². The van der Waals surface area contributed by atoms with Gasteiger partial charge in [0.25, 0.3) is 5.91 Å². The molecule has 1 aromatic carbocycles. The van der Waals surface area contributed by atoms with Gasteiger partial charge < -0.3 is 20.9 Å². The van der Waals surface area contributed by atoms with Gasteiger partial charge in [-0.1, -0.05) is 6.07 Å². The van der Waals surface area contributed by atoms with Crippen LogP contribution in [-0.4, -0.2) is 42.4 Å². The highest BCUT2D eigenvalue weighted by Crippen LogP contribution is 2.40. The van der Waals surface area contributed by atoms with Crippen LogP contribution in [-0.2, 0) is 25.9 Å². The number of anilines is 2. The number of nitrogens with zero attached hydrogens (tertiary/aromatic N) is 1. The number of hydrogen-bond donors (Lipinski definition) is 3. The molecular formula is C25H27F2N3O5S2. The van der Waals surface area contributed by atoms with Crippen LogP contribution < -0.4 is 11.1 Å². The Kier molecular flexibility index (Phi) is 7.39. The summed E-state index contributed by atoms with van der Waals surface area (Å²) in [4.78, 5) is 16.6. The Morgan fingerprint density at radius 1 is 1.27 bits per heavy atom. The van der Waals surface area contributed by atoms with Gasteiger partial charge in [-0.15, -0.1) is 11.3 Å². The van der Waals surface area contributed by atoms with Crippen LogP contribution in [0.5, 0.6) is 0 Å². The number of sulfone groups is 1. The van der Waals surface area contributed by atoms with Gasteiger partial charge in [-0.25, -0.2) is 22.2 Å². The van der Waals surface area contributed by atoms with E-state index in [0.29, 0.717) is 18.7 Å². The van der Waals surface area contributed by atoms with E-state index in [-0.39, 0.29) is 38.1 Å². The minimum Gasteiger partial charge on any atom is -0.386 e. The highest BCUT2D eigenvalue weighted by molar-refractivity contribution is 7.91. The maximum absolute atomic E-state index is 14.9. The third-order valence-corrected chi connectivity index (χ3v) is 9.47. The number of nitrogens with one attached hydrogen (secondary N) is 1. The molecule has 198 valence electrons. The molecule has 0 spiro atoms. The van der Waals surface area contributed by atoms with Crippen LogP contribution in [0.2, 0.25) is 0 Å². The van der Waals surface area contributed by atoms with Crippen molar-refractivity contribution in [2.75, 3.05) is 11.9 Å². The van der Waals surface area contributed by atoms with E-state index in [0.717, 1.165) is 23.5 Å². The summed E-state index contributed by atoms with van der Waals surface area (Å²) >= 11 is 0.888. The van der Waals surface area contributed by atoms with E-state index < -0.39 is 44.3 Å². The third-order valence-electron chi connectivity index (χ3n) is 6.16. The van der Waals surface area contributed by atoms with E-state index in [1.54, 1.807) is 25.1 Å². The van der Waals surface area contributed by atoms with Crippen molar-refractivity contribution in [1.29, 1.82) is 0 Å². The van der Waals surface area contributed by atoms with Crippen LogP contribution >= 0.6 is 11.3 Å². The summed E-state index contributed by atoms with van der Waals surface area (Å²) in [6.45, 7) is 4.93. The van der Waals surface area contributed by atoms with Gasteiger partial charge in [-0.05, 0) is 63.1 Å². The molecule has 3 aromatic rings. The lowest BCUT2D eigenvalue weighted by Crippen LogP contribution is -2.29. The number of amides is 1. The van der Waals surface area contributed by atoms with E-state index in [2.05, 4.69) is 10.3 Å². The van der Waals surface area contributed by atoms with Crippen LogP contribution in [0.25, 0.3) is 10.4 Å². The molecule has 1 saturated heterocycles. The van der Waals surface area contributed by atoms with E-state index in [1.807, 2.05) is 0 Å². The zero-order chi connectivity index (χ0) is 27.1. The summed E-state index contributed by atoms with van der Waals surface area (Å²) in [5, 5.41) is 12.6. The molecule has 3 heterocycles. The lowest BCUT2D eigenvalue weighted by molar-refractivity contribution is 0.0778. The second kappa shape index (κ2) is 10.1. The topological polar surface area (TPSA) is 132 Å². The fourth-order valence-corrected chi connectivity index (χ4v) is 7.22. The zero-order valence-electron chi connectivity index (χ0n) is 20.4. The standard InChI is InChI=1S/C25H27F2N3O5S2/c1-13-20(7-8-35-13)37(33,34)12-15-5-4-6-21(29-15)30-24-16(23(28)31)11-19(36-24)22-17(26)9-14(10-18(22)27)25(2,3)32/h4-6,9-11,13,20,32H,7-8,12H2,1-3H3,(H2,28,31)(H,29,30)/t13-,20-/m0/s1. The average molecular weight is 552 g/mol. The first-order valence-electron chi connectivity index (χ1n) is 11.5. The predicted octanol–water partition coefficient (Wildman–Crippen LogP) is 4.25. The number of halogens is 2. The summed E-state index contributed by atoms with van der Waals surface area (Å²) in [7, 11) is -3.52. The minimum absolute atomic E-state index is 0.0119. The molecule has 4 rings (SSSR count). The second-order valence-corrected chi connectivity index (χ2v) is 12.7. The van der Waals surface area contributed by atoms with Crippen molar-refractivity contribution < 1.29 is 31.8 Å². The molecule has 2 atom stereocenters. The SMILES string of the molecule is C[C@@H]1OCC[C@@H]1S(=O)(=O)Cc1cccc(Nc2sc(-c3c(F)cc(C(C)(C)O)cc3F)cc2C(N)=O)n1. The molecule has 0 saturated carbocycles. The Morgan fingerprint density at radius 3 is 2.51 bits per heavy atom. The van der Waals surface area contributed by atoms with Gasteiger partial charge in [-0.2, -0.15) is 0 Å². The van der Waals surface area contributed by atoms with Crippen LogP contribution in [0, 0.1) is 11.6 Å². The first kappa shape index (κ1) is 27.1. The number of carbonyl (C=O) groups excluding carboxylic acids is 1. The van der Waals surface area contributed by atoms with Gasteiger partial charge in [0.15, 0.2) is 9.84 Å². The van der Waals surface area contributed by atoms with E-state index in [9.17, 15) is 27.1 Å². The van der Waals surface area contributed by atoms with Crippen molar-refractivity contribution in [1.82, 2.24) is 4.98 Å². The van der Waals surface area contributed by atoms with Gasteiger partial charge in [0.05, 0.1) is 39.5 Å². The number of aliphatic hydroxyl groups is 1. The van der Waals surface area contributed by atoms with Crippen molar-refractivity contribution in [3.63, 3.8) is 0 Å². The maximum Gasteiger partial charge on any atom is 0.251 e. The summed E-state index contributed by atoms with van der Waals surface area (Å²) in [6.07, 6.45) is 0.0259. The molecule has 0 bridgehead atoms. The lowest BCUT2D eigenvalue weighted by Gasteiger charge is -2.18. The zero-order valence-corrected chi connectivity index (χ0v) is 22.1. The Morgan fingerprint density at radius 2 is 1.95 bits per heavy atom. The molecule has 12 heteroatoms. The number of nitrogens with two attached hydrogens (primary N) is 1. The first-order valence-corrected chi connectivity index (χ1v) is 14.0. The van der Waals surface area contributed by atoms with E-state index in [4.69, 9.17) is 10.5 Å². The molecule has 1 aliphatic rings. The average Bonchev–Trinajstić information content (AvgIpc) is 3.39. The van der Waals surface area contributed by atoms with Crippen LogP contribution in [0.1, 0.15) is 48.8 Å². The molecule has 2 aromatic heterocycles. The largest absolute Gasteiger partial charge is 0.386 e. The van der Waals surface area contributed by atoms with Gasteiger partial charge in [0.1, 0.15) is 22.5 Å². The summed E-state index contributed by atoms with van der Waals surface area (Å²) in [5.74, 6) is -2.69. The molecule has 4 N–H and O–H groups in total. The van der Waals surface area contributed by atoms with Crippen LogP contribution in [0.15, 0.2) is 36.4 Å². The Labute approximate surface area is 217 Å². The van der Waals surface area contributed by atoms with Crippen LogP contribution in [0.3, 0.4) is 0 Å². The summed E-state index contributed by atoms with van der Waals surface area (Å²) in [5.41, 5.74) is 4.03. The number of ether oxygens (including phenoxy) is 1. The van der Waals surface area contributed by atoms with E-state index in [1.165, 1.54) is 19.9 Å². The second-order valence-electron chi connectivity index (χ2n) is 9.44. The van der Waals surface area contributed by atoms with E-state index >= 15 is 0 Å². The summed E-state index contributed by atoms with van der Waals surface area (Å²) in [6, 6.07) is 8.11. The molecule has 1 fully saturated rings. The number of carbonyl (C=O) groups is 1. The summed E-state index contributed by atoms with van der Waals surface area (Å²) < 4.78 is 60.9. The number of hydrogen-bond acceptors (Lipinski definition) is 8. The van der Waals surface area contributed by atoms with Gasteiger partial charge in [0, 0.05) is 11.5 Å². The number of pyridine rings is 1. The molecule has 37 heavy (non-hydrogen) atoms. The fourth-order valence-electron chi connectivity index (χ4n) is 4.19. The third kappa shape index (κ3) is 5.82. The van der Waals surface area contributed by atoms with Gasteiger partial charge >= 0.3 is 0 Å². The number of rotatable bonds is 8. The molecule has 1 aliphatic heterocycles. The monoisotopic (exact) mass is 551 g/mol. The van der Waals surface area contributed by atoms with Crippen molar-refractivity contribution in [2.24, 2.45) is 5.73 Å². The molecule has 0 aliphatic carbocycles. The van der Waals surface area contributed by atoms with Gasteiger partial charge in [0.2, 0.25) is 0 Å². The highest BCUT2D eigenvalue weighted by atomic mass is 32.2. The van der Waals surface area contributed by atoms with Crippen molar-refractivity contribution in [3.05, 3.63) is 64.9 Å². The van der Waals surface area contributed by atoms with Crippen molar-refractivity contribution in [2.45, 2.75) is 49.9 Å². The fraction of sp³-hybridized carbons (Fsp3) is 0.360. The normalized spacial score (nSPS) is 18.2. The predicted molar refractivity (Wildman–Crippen MR) is 137 cm³/mol. The number of aromatic nitrogens is 1. The number of thiophene rings is 1. The molecule has 1 amide bonds. The molecule has 0 radical (unpaired) electrons. The molecular weight excluding hydrogens is 524 g/mol. The molecule has 8 nitrogen and oxygen atoms in total. The molecule has 0 unspecified atom stereocenters. The Hall–Kier alpha value is -2.93. The number of benzene rings is 1. The number of primary amides is 1.